The molecule has 3 aromatic rings. The maximum atomic E-state index is 14.1. The van der Waals surface area contributed by atoms with E-state index in [0.29, 0.717) is 22.2 Å². The van der Waals surface area contributed by atoms with Crippen molar-refractivity contribution in [2.24, 2.45) is 5.92 Å². The normalized spacial score (nSPS) is 12.2. The van der Waals surface area contributed by atoms with E-state index in [-0.39, 0.29) is 40.5 Å². The number of benzene rings is 3. The number of hydrogen-bond donors (Lipinski definition) is 1. The van der Waals surface area contributed by atoms with Gasteiger partial charge in [0.25, 0.3) is 0 Å². The summed E-state index contributed by atoms with van der Waals surface area (Å²) in [4.78, 5) is 29.1. The van der Waals surface area contributed by atoms with Crippen LogP contribution in [0.2, 0.25) is 20.1 Å². The number of rotatable bonds is 12. The van der Waals surface area contributed by atoms with Crippen LogP contribution in [0.25, 0.3) is 0 Å². The third-order valence-corrected chi connectivity index (χ3v) is 8.71. The number of amides is 2. The van der Waals surface area contributed by atoms with Crippen LogP contribution in [0, 0.1) is 5.92 Å². The average molecular weight is 659 g/mol. The van der Waals surface area contributed by atoms with Crippen LogP contribution in [-0.4, -0.2) is 50.5 Å². The Bertz CT molecular complexity index is 1490. The van der Waals surface area contributed by atoms with Gasteiger partial charge in [0.1, 0.15) is 12.6 Å². The fraction of sp³-hybridized carbons (Fsp3) is 0.310. The first-order valence-electron chi connectivity index (χ1n) is 12.7. The summed E-state index contributed by atoms with van der Waals surface area (Å²) in [6, 6.07) is 17.6. The Morgan fingerprint density at radius 1 is 0.902 bits per heavy atom. The first-order valence-corrected chi connectivity index (χ1v) is 16.1. The fourth-order valence-electron chi connectivity index (χ4n) is 4.09. The molecule has 0 heterocycles. The first-order chi connectivity index (χ1) is 19.3. The molecule has 3 aromatic carbocycles. The van der Waals surface area contributed by atoms with E-state index >= 15 is 0 Å². The minimum atomic E-state index is -4.00. The van der Waals surface area contributed by atoms with Gasteiger partial charge in [0.05, 0.1) is 22.0 Å². The largest absolute Gasteiger partial charge is 0.354 e. The highest BCUT2D eigenvalue weighted by Crippen LogP contribution is 2.34. The van der Waals surface area contributed by atoms with Gasteiger partial charge in [0.15, 0.2) is 0 Å². The Labute approximate surface area is 261 Å². The molecule has 0 saturated carbocycles. The van der Waals surface area contributed by atoms with E-state index < -0.39 is 28.5 Å². The number of carbonyl (C=O) groups excluding carboxylic acids is 2. The van der Waals surface area contributed by atoms with Gasteiger partial charge in [-0.1, -0.05) is 103 Å². The predicted octanol–water partition coefficient (Wildman–Crippen LogP) is 6.48. The van der Waals surface area contributed by atoms with E-state index in [0.717, 1.165) is 16.1 Å². The van der Waals surface area contributed by atoms with Gasteiger partial charge in [0, 0.05) is 29.6 Å². The van der Waals surface area contributed by atoms with Gasteiger partial charge in [0.2, 0.25) is 21.8 Å². The van der Waals surface area contributed by atoms with Crippen LogP contribution >= 0.6 is 46.4 Å². The van der Waals surface area contributed by atoms with Crippen LogP contribution in [0.1, 0.15) is 25.0 Å². The molecular formula is C29H31Cl4N3O4S. The lowest BCUT2D eigenvalue weighted by atomic mass is 10.0. The van der Waals surface area contributed by atoms with Crippen LogP contribution in [0.4, 0.5) is 5.69 Å². The lowest BCUT2D eigenvalue weighted by Gasteiger charge is -2.34. The number of nitrogens with zero attached hydrogens (tertiary/aromatic N) is 2. The second-order valence-electron chi connectivity index (χ2n) is 9.94. The van der Waals surface area contributed by atoms with Crippen molar-refractivity contribution in [3.8, 4) is 0 Å². The molecule has 0 bridgehead atoms. The quantitative estimate of drug-likeness (QED) is 0.241. The first kappa shape index (κ1) is 33.0. The summed E-state index contributed by atoms with van der Waals surface area (Å²) in [7, 11) is -4.00. The number of halogens is 4. The van der Waals surface area contributed by atoms with E-state index in [1.54, 1.807) is 18.2 Å². The maximum absolute atomic E-state index is 14.1. The average Bonchev–Trinajstić information content (AvgIpc) is 2.90. The molecule has 3 rings (SSSR count). The highest BCUT2D eigenvalue weighted by atomic mass is 35.5. The third-order valence-electron chi connectivity index (χ3n) is 6.19. The number of sulfonamides is 1. The van der Waals surface area contributed by atoms with Crippen molar-refractivity contribution in [1.29, 1.82) is 0 Å². The zero-order chi connectivity index (χ0) is 30.3. The zero-order valence-corrected chi connectivity index (χ0v) is 26.6. The molecule has 220 valence electrons. The number of nitrogens with one attached hydrogen (secondary N) is 1. The fourth-order valence-corrected chi connectivity index (χ4v) is 5.86. The van der Waals surface area contributed by atoms with Crippen molar-refractivity contribution in [2.45, 2.75) is 32.9 Å². The van der Waals surface area contributed by atoms with Gasteiger partial charge >= 0.3 is 0 Å². The molecule has 12 heteroatoms. The van der Waals surface area contributed by atoms with Crippen molar-refractivity contribution in [1.82, 2.24) is 10.2 Å². The Hall–Kier alpha value is -2.49. The smallest absolute Gasteiger partial charge is 0.244 e. The summed E-state index contributed by atoms with van der Waals surface area (Å²) in [5.41, 5.74) is 1.39. The SMILES string of the molecule is CC(C)CNC(=O)C(Cc1ccccc1)N(Cc1ccc(Cl)cc1Cl)C(=O)CN(c1cccc(Cl)c1Cl)S(C)(=O)=O. The molecule has 0 aliphatic heterocycles. The molecule has 2 amide bonds. The van der Waals surface area contributed by atoms with Crippen LogP contribution in [0.15, 0.2) is 66.7 Å². The van der Waals surface area contributed by atoms with E-state index in [4.69, 9.17) is 46.4 Å². The van der Waals surface area contributed by atoms with Crippen LogP contribution in [0.5, 0.6) is 0 Å². The Balaban J connectivity index is 2.10. The Kier molecular flexibility index (Phi) is 11.8. The molecule has 0 aliphatic carbocycles. The Morgan fingerprint density at radius 2 is 1.59 bits per heavy atom. The molecule has 7 nitrogen and oxygen atoms in total. The van der Waals surface area contributed by atoms with Gasteiger partial charge < -0.3 is 10.2 Å². The van der Waals surface area contributed by atoms with Gasteiger partial charge in [-0.25, -0.2) is 8.42 Å². The molecule has 41 heavy (non-hydrogen) atoms. The molecule has 1 unspecified atom stereocenters. The van der Waals surface area contributed by atoms with Gasteiger partial charge in [-0.2, -0.15) is 0 Å². The molecule has 0 aliphatic rings. The second kappa shape index (κ2) is 14.6. The highest BCUT2D eigenvalue weighted by molar-refractivity contribution is 7.92. The lowest BCUT2D eigenvalue weighted by Crippen LogP contribution is -2.53. The molecule has 0 fully saturated rings. The summed E-state index contributed by atoms with van der Waals surface area (Å²) in [5.74, 6) is -0.859. The van der Waals surface area contributed by atoms with E-state index in [2.05, 4.69) is 5.32 Å². The minimum absolute atomic E-state index is 0.0183. The lowest BCUT2D eigenvalue weighted by molar-refractivity contribution is -0.140. The highest BCUT2D eigenvalue weighted by Gasteiger charge is 2.34. The summed E-state index contributed by atoms with van der Waals surface area (Å²) in [6.45, 7) is 3.60. The number of hydrogen-bond acceptors (Lipinski definition) is 4. The summed E-state index contributed by atoms with van der Waals surface area (Å²) in [5, 5.41) is 3.74. The number of carbonyl (C=O) groups is 2. The van der Waals surface area contributed by atoms with Crippen molar-refractivity contribution >= 4 is 73.9 Å². The Morgan fingerprint density at radius 3 is 2.20 bits per heavy atom. The molecule has 1 N–H and O–H groups in total. The van der Waals surface area contributed by atoms with E-state index in [9.17, 15) is 18.0 Å². The monoisotopic (exact) mass is 657 g/mol. The second-order valence-corrected chi connectivity index (χ2v) is 13.5. The molecule has 1 atom stereocenters. The summed E-state index contributed by atoms with van der Waals surface area (Å²) < 4.78 is 26.7. The van der Waals surface area contributed by atoms with Crippen LogP contribution in [-0.2, 0) is 32.6 Å². The summed E-state index contributed by atoms with van der Waals surface area (Å²) >= 11 is 25.1. The van der Waals surface area contributed by atoms with E-state index in [1.165, 1.54) is 23.1 Å². The van der Waals surface area contributed by atoms with Crippen molar-refractivity contribution in [3.05, 3.63) is 97.9 Å². The maximum Gasteiger partial charge on any atom is 0.244 e. The molecule has 0 aromatic heterocycles. The molecule has 0 saturated heterocycles. The van der Waals surface area contributed by atoms with Crippen LogP contribution in [0.3, 0.4) is 0 Å². The third kappa shape index (κ3) is 9.25. The molecule has 0 radical (unpaired) electrons. The molecular weight excluding hydrogens is 628 g/mol. The topological polar surface area (TPSA) is 86.8 Å². The predicted molar refractivity (Wildman–Crippen MR) is 167 cm³/mol. The summed E-state index contributed by atoms with van der Waals surface area (Å²) in [6.07, 6.45) is 1.15. The van der Waals surface area contributed by atoms with Gasteiger partial charge in [-0.05, 0) is 41.3 Å². The van der Waals surface area contributed by atoms with E-state index in [1.807, 2.05) is 44.2 Å². The van der Waals surface area contributed by atoms with Gasteiger partial charge in [-0.15, -0.1) is 0 Å². The van der Waals surface area contributed by atoms with Crippen molar-refractivity contribution in [2.75, 3.05) is 23.7 Å². The minimum Gasteiger partial charge on any atom is -0.354 e. The van der Waals surface area contributed by atoms with Crippen molar-refractivity contribution in [3.63, 3.8) is 0 Å². The molecule has 0 spiro atoms. The van der Waals surface area contributed by atoms with Crippen LogP contribution < -0.4 is 9.62 Å². The van der Waals surface area contributed by atoms with Gasteiger partial charge in [-0.3, -0.25) is 13.9 Å². The standard InChI is InChI=1S/C29H31Cl4N3O4S/c1-19(2)16-34-29(38)26(14-20-8-5-4-6-9-20)35(17-21-12-13-22(30)15-24(21)32)27(37)18-36(41(3,39)40)25-11-7-10-23(31)28(25)33/h4-13,15,19,26H,14,16-18H2,1-3H3,(H,34,38). The zero-order valence-electron chi connectivity index (χ0n) is 22.8. The van der Waals surface area contributed by atoms with Crippen molar-refractivity contribution < 1.29 is 18.0 Å². The number of anilines is 1.